The first kappa shape index (κ1) is 15.8. The molecule has 116 valence electrons. The third-order valence-corrected chi connectivity index (χ3v) is 6.56. The molecule has 0 radical (unpaired) electrons. The summed E-state index contributed by atoms with van der Waals surface area (Å²) in [5, 5.41) is -0.352. The van der Waals surface area contributed by atoms with Crippen molar-refractivity contribution < 1.29 is 13.2 Å². The first-order chi connectivity index (χ1) is 9.58. The summed E-state index contributed by atoms with van der Waals surface area (Å²) in [6, 6.07) is 0. The van der Waals surface area contributed by atoms with Crippen LogP contribution >= 0.6 is 0 Å². The highest BCUT2D eigenvalue weighted by molar-refractivity contribution is 7.90. The number of hydrogen-bond acceptors (Lipinski definition) is 3. The van der Waals surface area contributed by atoms with E-state index >= 15 is 0 Å². The summed E-state index contributed by atoms with van der Waals surface area (Å²) in [6.07, 6.45) is 11.8. The van der Waals surface area contributed by atoms with Crippen LogP contribution in [0.15, 0.2) is 0 Å². The molecule has 2 saturated carbocycles. The fourth-order valence-electron chi connectivity index (χ4n) is 3.49. The maximum absolute atomic E-state index is 12.2. The summed E-state index contributed by atoms with van der Waals surface area (Å²) in [7, 11) is -3.44. The molecule has 1 amide bonds. The van der Waals surface area contributed by atoms with Crippen LogP contribution < -0.4 is 4.72 Å². The van der Waals surface area contributed by atoms with Gasteiger partial charge in [0.2, 0.25) is 15.9 Å². The Morgan fingerprint density at radius 2 is 1.35 bits per heavy atom. The van der Waals surface area contributed by atoms with E-state index in [1.54, 1.807) is 0 Å². The van der Waals surface area contributed by atoms with Crippen LogP contribution in [0.4, 0.5) is 0 Å². The van der Waals surface area contributed by atoms with E-state index in [9.17, 15) is 13.2 Å². The van der Waals surface area contributed by atoms with E-state index in [0.717, 1.165) is 32.1 Å². The van der Waals surface area contributed by atoms with Gasteiger partial charge >= 0.3 is 0 Å². The average molecular weight is 301 g/mol. The molecule has 4 nitrogen and oxygen atoms in total. The minimum Gasteiger partial charge on any atom is -0.274 e. The maximum atomic E-state index is 12.2. The molecular formula is C15H27NO3S. The standard InChI is InChI=1S/C15H27NO3S/c17-15(12-13-8-4-1-2-5-9-13)16-20(18,19)14-10-6-3-7-11-14/h13-14H,1-12H2,(H,16,17). The minimum absolute atomic E-state index is 0.289. The lowest BCUT2D eigenvalue weighted by molar-refractivity contribution is -0.120. The van der Waals surface area contributed by atoms with Crippen LogP contribution in [0.3, 0.4) is 0 Å². The Hall–Kier alpha value is -0.580. The smallest absolute Gasteiger partial charge is 0.237 e. The lowest BCUT2D eigenvalue weighted by Gasteiger charge is -2.22. The Bertz CT molecular complexity index is 405. The molecule has 0 aromatic rings. The second kappa shape index (κ2) is 7.43. The van der Waals surface area contributed by atoms with Crippen molar-refractivity contribution in [2.75, 3.05) is 0 Å². The number of carbonyl (C=O) groups excluding carboxylic acids is 1. The molecule has 2 aliphatic rings. The van der Waals surface area contributed by atoms with Gasteiger partial charge in [-0.25, -0.2) is 8.42 Å². The first-order valence-corrected chi connectivity index (χ1v) is 9.67. The molecule has 1 N–H and O–H groups in total. The van der Waals surface area contributed by atoms with Gasteiger partial charge in [-0.3, -0.25) is 9.52 Å². The summed E-state index contributed by atoms with van der Waals surface area (Å²) >= 11 is 0. The van der Waals surface area contributed by atoms with Crippen LogP contribution in [0, 0.1) is 5.92 Å². The Morgan fingerprint density at radius 1 is 0.850 bits per heavy atom. The molecule has 0 saturated heterocycles. The fourth-order valence-corrected chi connectivity index (χ4v) is 5.01. The molecular weight excluding hydrogens is 274 g/mol. The highest BCUT2D eigenvalue weighted by Gasteiger charge is 2.29. The van der Waals surface area contributed by atoms with E-state index in [1.807, 2.05) is 0 Å². The summed E-state index contributed by atoms with van der Waals surface area (Å²) in [5.74, 6) is 0.0847. The molecule has 0 aromatic heterocycles. The second-order valence-electron chi connectivity index (χ2n) is 6.39. The summed E-state index contributed by atoms with van der Waals surface area (Å²) in [5.41, 5.74) is 0. The molecule has 0 spiro atoms. The van der Waals surface area contributed by atoms with Crippen LogP contribution in [0.5, 0.6) is 0 Å². The van der Waals surface area contributed by atoms with Crippen molar-refractivity contribution in [3.8, 4) is 0 Å². The number of hydrogen-bond donors (Lipinski definition) is 1. The minimum atomic E-state index is -3.44. The van der Waals surface area contributed by atoms with Crippen LogP contribution in [0.1, 0.15) is 77.0 Å². The molecule has 0 bridgehead atoms. The van der Waals surface area contributed by atoms with Crippen molar-refractivity contribution in [2.45, 2.75) is 82.3 Å². The van der Waals surface area contributed by atoms with Gasteiger partial charge in [0.05, 0.1) is 5.25 Å². The number of rotatable bonds is 4. The highest BCUT2D eigenvalue weighted by atomic mass is 32.2. The molecule has 0 heterocycles. The monoisotopic (exact) mass is 301 g/mol. The van der Waals surface area contributed by atoms with Crippen molar-refractivity contribution in [1.82, 2.24) is 4.72 Å². The van der Waals surface area contributed by atoms with Gasteiger partial charge in [0.25, 0.3) is 0 Å². The van der Waals surface area contributed by atoms with Gasteiger partial charge in [0.15, 0.2) is 0 Å². The number of carbonyl (C=O) groups is 1. The molecule has 20 heavy (non-hydrogen) atoms. The number of sulfonamides is 1. The number of nitrogens with one attached hydrogen (secondary N) is 1. The van der Waals surface area contributed by atoms with E-state index in [4.69, 9.17) is 0 Å². The molecule has 0 aromatic carbocycles. The van der Waals surface area contributed by atoms with Crippen LogP contribution in [-0.4, -0.2) is 19.6 Å². The topological polar surface area (TPSA) is 63.2 Å². The predicted octanol–water partition coefficient (Wildman–Crippen LogP) is 3.13. The Balaban J connectivity index is 1.83. The SMILES string of the molecule is O=C(CC1CCCCCC1)NS(=O)(=O)C1CCCCC1. The normalized spacial score (nSPS) is 23.2. The van der Waals surface area contributed by atoms with Gasteiger partial charge in [-0.15, -0.1) is 0 Å². The van der Waals surface area contributed by atoms with Crippen molar-refractivity contribution in [3.63, 3.8) is 0 Å². The predicted molar refractivity (Wildman–Crippen MR) is 79.7 cm³/mol. The van der Waals surface area contributed by atoms with Gasteiger partial charge in [0.1, 0.15) is 0 Å². The molecule has 2 rings (SSSR count). The Kier molecular flexibility index (Phi) is 5.87. The fraction of sp³-hybridized carbons (Fsp3) is 0.933. The highest BCUT2D eigenvalue weighted by Crippen LogP contribution is 2.26. The molecule has 0 atom stereocenters. The molecule has 5 heteroatoms. The van der Waals surface area contributed by atoms with E-state index in [0.29, 0.717) is 25.2 Å². The molecule has 2 fully saturated rings. The zero-order chi connectivity index (χ0) is 14.4. The van der Waals surface area contributed by atoms with Gasteiger partial charge in [0, 0.05) is 6.42 Å². The van der Waals surface area contributed by atoms with Gasteiger partial charge in [-0.1, -0.05) is 44.9 Å². The molecule has 0 unspecified atom stereocenters. The molecule has 2 aliphatic carbocycles. The maximum Gasteiger partial charge on any atom is 0.237 e. The van der Waals surface area contributed by atoms with Crippen molar-refractivity contribution in [2.24, 2.45) is 5.92 Å². The quantitative estimate of drug-likeness (QED) is 0.811. The first-order valence-electron chi connectivity index (χ1n) is 8.12. The zero-order valence-electron chi connectivity index (χ0n) is 12.3. The van der Waals surface area contributed by atoms with E-state index < -0.39 is 10.0 Å². The van der Waals surface area contributed by atoms with Crippen molar-refractivity contribution in [1.29, 1.82) is 0 Å². The van der Waals surface area contributed by atoms with E-state index in [2.05, 4.69) is 4.72 Å². The van der Waals surface area contributed by atoms with Crippen LogP contribution in [0.25, 0.3) is 0 Å². The van der Waals surface area contributed by atoms with Gasteiger partial charge in [-0.2, -0.15) is 0 Å². The lowest BCUT2D eigenvalue weighted by Crippen LogP contribution is -2.39. The van der Waals surface area contributed by atoms with Crippen molar-refractivity contribution >= 4 is 15.9 Å². The van der Waals surface area contributed by atoms with Gasteiger partial charge in [-0.05, 0) is 31.6 Å². The Labute approximate surface area is 122 Å². The lowest BCUT2D eigenvalue weighted by atomic mass is 9.96. The summed E-state index contributed by atoms with van der Waals surface area (Å²) in [4.78, 5) is 12.0. The van der Waals surface area contributed by atoms with E-state index in [1.165, 1.54) is 25.7 Å². The third kappa shape index (κ3) is 4.76. The molecule has 0 aliphatic heterocycles. The average Bonchev–Trinajstić information content (AvgIpc) is 2.67. The Morgan fingerprint density at radius 3 is 1.95 bits per heavy atom. The summed E-state index contributed by atoms with van der Waals surface area (Å²) < 4.78 is 26.7. The van der Waals surface area contributed by atoms with Crippen molar-refractivity contribution in [3.05, 3.63) is 0 Å². The van der Waals surface area contributed by atoms with Crippen LogP contribution in [0.2, 0.25) is 0 Å². The second-order valence-corrected chi connectivity index (χ2v) is 8.35. The largest absolute Gasteiger partial charge is 0.274 e. The van der Waals surface area contributed by atoms with Gasteiger partial charge < -0.3 is 0 Å². The third-order valence-electron chi connectivity index (χ3n) is 4.70. The van der Waals surface area contributed by atoms with Crippen LogP contribution in [-0.2, 0) is 14.8 Å². The number of amides is 1. The zero-order valence-corrected chi connectivity index (χ0v) is 13.1. The summed E-state index contributed by atoms with van der Waals surface area (Å²) in [6.45, 7) is 0. The van der Waals surface area contributed by atoms with E-state index in [-0.39, 0.29) is 11.2 Å².